The molecule has 1 heterocycles. The second kappa shape index (κ2) is 7.75. The van der Waals surface area contributed by atoms with E-state index in [-0.39, 0.29) is 26.2 Å². The normalized spacial score (nSPS) is 11.4. The molecule has 0 fully saturated rings. The minimum absolute atomic E-state index is 0. The summed E-state index contributed by atoms with van der Waals surface area (Å²) in [5.41, 5.74) is 6.33. The van der Waals surface area contributed by atoms with E-state index in [0.29, 0.717) is 0 Å². The Morgan fingerprint density at radius 1 is 1.05 bits per heavy atom. The van der Waals surface area contributed by atoms with Gasteiger partial charge in [0.05, 0.1) is 0 Å². The number of aromatic amines is 1. The van der Waals surface area contributed by atoms with Gasteiger partial charge in [-0.3, -0.25) is 0 Å². The number of H-pyrrole nitrogens is 1. The molecule has 0 saturated heterocycles. The first-order valence-corrected chi connectivity index (χ1v) is 6.90. The number of hydrogen-bond acceptors (Lipinski definition) is 0. The fourth-order valence-corrected chi connectivity index (χ4v) is 2.00. The molecule has 3 rings (SSSR count). The molecule has 1 aliphatic rings. The van der Waals surface area contributed by atoms with Crippen molar-refractivity contribution in [1.29, 1.82) is 0 Å². The van der Waals surface area contributed by atoms with Gasteiger partial charge in [-0.1, -0.05) is 52.8 Å². The number of fused-ring (bicyclic) bond motifs is 1. The first-order valence-electron chi connectivity index (χ1n) is 6.90. The Balaban J connectivity index is 0.000000216. The Hall–Kier alpha value is -1.14. The molecule has 1 aromatic heterocycles. The topological polar surface area (TPSA) is 15.8 Å². The number of aryl methyl sites for hydroxylation is 2. The molecule has 1 aromatic carbocycles. The molecule has 1 N–H and O–H groups in total. The number of rotatable bonds is 0. The Morgan fingerprint density at radius 3 is 2.14 bits per heavy atom. The Bertz CT molecular complexity index is 703. The summed E-state index contributed by atoms with van der Waals surface area (Å²) in [6.07, 6.45) is 8.55. The molecule has 106 valence electrons. The molecule has 21 heavy (non-hydrogen) atoms. The van der Waals surface area contributed by atoms with Crippen molar-refractivity contribution in [2.75, 3.05) is 0 Å². The van der Waals surface area contributed by atoms with Gasteiger partial charge in [0.2, 0.25) is 0 Å². The average Bonchev–Trinajstić information content (AvgIpc) is 2.99. The van der Waals surface area contributed by atoms with Crippen molar-refractivity contribution in [3.8, 4) is 0 Å². The Labute approximate surface area is 146 Å². The molecule has 0 atom stereocenters. The molecule has 1 aliphatic carbocycles. The molecule has 0 bridgehead atoms. The second-order valence-corrected chi connectivity index (χ2v) is 5.40. The molecule has 0 spiro atoms. The predicted octanol–water partition coefficient (Wildman–Crippen LogP) is 3.21. The van der Waals surface area contributed by atoms with Crippen LogP contribution in [0.25, 0.3) is 12.2 Å². The van der Waals surface area contributed by atoms with Crippen LogP contribution in [0.15, 0.2) is 35.4 Å². The number of hydrogen-bond donors (Lipinski definition) is 1. The van der Waals surface area contributed by atoms with Crippen molar-refractivity contribution in [3.63, 3.8) is 0 Å². The van der Waals surface area contributed by atoms with Crippen LogP contribution < -0.4 is 10.4 Å². The van der Waals surface area contributed by atoms with Crippen molar-refractivity contribution < 1.29 is 26.2 Å². The molecule has 0 amide bonds. The smallest absolute Gasteiger partial charge is 0.481 e. The predicted molar refractivity (Wildman–Crippen MR) is 85.8 cm³/mol. The van der Waals surface area contributed by atoms with Gasteiger partial charge in [-0.2, -0.15) is 11.1 Å². The van der Waals surface area contributed by atoms with Crippen LogP contribution in [0.4, 0.5) is 0 Å². The minimum atomic E-state index is 0. The Kier molecular flexibility index (Phi) is 6.61. The van der Waals surface area contributed by atoms with Gasteiger partial charge < -0.3 is 4.98 Å². The molecule has 2 aromatic rings. The van der Waals surface area contributed by atoms with Crippen LogP contribution in [-0.4, -0.2) is 4.98 Å². The molecular formula is C19H21NZr. The quantitative estimate of drug-likeness (QED) is 0.699. The number of benzene rings is 1. The van der Waals surface area contributed by atoms with Gasteiger partial charge in [0.1, 0.15) is 0 Å². The van der Waals surface area contributed by atoms with Crippen molar-refractivity contribution in [1.82, 2.24) is 4.98 Å². The molecule has 1 nitrogen and oxygen atoms in total. The van der Waals surface area contributed by atoms with E-state index in [1.807, 2.05) is 6.07 Å². The van der Waals surface area contributed by atoms with Crippen molar-refractivity contribution in [2.24, 2.45) is 0 Å². The SMILES string of the molecule is CC(C)=C1[C-]=c2ccccc2=C1.Cc1[c-][nH]c(C)c1C.[Zr+2]. The number of allylic oxidation sites excluding steroid dienone is 2. The summed E-state index contributed by atoms with van der Waals surface area (Å²) in [5, 5.41) is 2.50. The molecule has 0 unspecified atom stereocenters. The average molecular weight is 355 g/mol. The fraction of sp³-hybridized carbons (Fsp3) is 0.263. The summed E-state index contributed by atoms with van der Waals surface area (Å²) >= 11 is 0. The minimum Gasteiger partial charge on any atom is -0.481 e. The van der Waals surface area contributed by atoms with E-state index in [9.17, 15) is 0 Å². The van der Waals surface area contributed by atoms with Gasteiger partial charge in [0.25, 0.3) is 0 Å². The maximum atomic E-state index is 3.36. The summed E-state index contributed by atoms with van der Waals surface area (Å²) in [5.74, 6) is 0. The van der Waals surface area contributed by atoms with Gasteiger partial charge in [-0.05, 0) is 0 Å². The van der Waals surface area contributed by atoms with Crippen LogP contribution in [-0.2, 0) is 26.2 Å². The van der Waals surface area contributed by atoms with Gasteiger partial charge in [-0.15, -0.1) is 51.7 Å². The fourth-order valence-electron chi connectivity index (χ4n) is 2.00. The van der Waals surface area contributed by atoms with E-state index in [1.165, 1.54) is 38.4 Å². The van der Waals surface area contributed by atoms with Crippen LogP contribution in [0.3, 0.4) is 0 Å². The maximum absolute atomic E-state index is 3.36. The molecule has 0 aliphatic heterocycles. The standard InChI is InChI=1S/C12H11.C7H10N.Zr/c1-9(2)12-7-10-5-3-4-6-11(10)8-12;1-5-4-8-7(3)6(5)2;/h3-7H,1-2H3;8H,1-3H3;/q2*-1;+2. The summed E-state index contributed by atoms with van der Waals surface area (Å²) < 4.78 is 0. The van der Waals surface area contributed by atoms with Gasteiger partial charge in [0, 0.05) is 0 Å². The summed E-state index contributed by atoms with van der Waals surface area (Å²) in [6.45, 7) is 10.4. The van der Waals surface area contributed by atoms with Crippen LogP contribution in [0, 0.1) is 27.0 Å². The third-order valence-electron chi connectivity index (χ3n) is 3.63. The number of aromatic nitrogens is 1. The third kappa shape index (κ3) is 4.41. The van der Waals surface area contributed by atoms with E-state index in [2.05, 4.69) is 76.2 Å². The summed E-state index contributed by atoms with van der Waals surface area (Å²) in [6, 6.07) is 8.33. The molecule has 0 saturated carbocycles. The van der Waals surface area contributed by atoms with Crippen LogP contribution in [0.1, 0.15) is 30.7 Å². The van der Waals surface area contributed by atoms with Gasteiger partial charge >= 0.3 is 26.2 Å². The summed E-state index contributed by atoms with van der Waals surface area (Å²) in [7, 11) is 0. The first-order chi connectivity index (χ1) is 9.49. The monoisotopic (exact) mass is 353 g/mol. The van der Waals surface area contributed by atoms with Crippen molar-refractivity contribution in [3.05, 3.63) is 68.9 Å². The van der Waals surface area contributed by atoms with E-state index in [1.54, 1.807) is 0 Å². The molecule has 2 heteroatoms. The van der Waals surface area contributed by atoms with Crippen LogP contribution >= 0.6 is 0 Å². The van der Waals surface area contributed by atoms with Crippen LogP contribution in [0.5, 0.6) is 0 Å². The zero-order chi connectivity index (χ0) is 14.7. The van der Waals surface area contributed by atoms with E-state index < -0.39 is 0 Å². The van der Waals surface area contributed by atoms with E-state index in [4.69, 9.17) is 0 Å². The van der Waals surface area contributed by atoms with E-state index in [0.717, 1.165) is 0 Å². The Morgan fingerprint density at radius 2 is 1.71 bits per heavy atom. The van der Waals surface area contributed by atoms with E-state index >= 15 is 0 Å². The third-order valence-corrected chi connectivity index (χ3v) is 3.63. The number of nitrogens with one attached hydrogen (secondary N) is 1. The van der Waals surface area contributed by atoms with Gasteiger partial charge in [-0.25, -0.2) is 0 Å². The largest absolute Gasteiger partial charge is 2.00 e. The molecular weight excluding hydrogens is 333 g/mol. The maximum Gasteiger partial charge on any atom is 2.00 e. The first kappa shape index (κ1) is 17.9. The van der Waals surface area contributed by atoms with Gasteiger partial charge in [0.15, 0.2) is 0 Å². The van der Waals surface area contributed by atoms with Crippen molar-refractivity contribution in [2.45, 2.75) is 34.6 Å². The second-order valence-electron chi connectivity index (χ2n) is 5.40. The zero-order valence-electron chi connectivity index (χ0n) is 13.4. The zero-order valence-corrected chi connectivity index (χ0v) is 15.8. The van der Waals surface area contributed by atoms with Crippen LogP contribution in [0.2, 0.25) is 0 Å². The molecule has 0 radical (unpaired) electrons. The van der Waals surface area contributed by atoms with Crippen molar-refractivity contribution >= 4 is 12.2 Å². The summed E-state index contributed by atoms with van der Waals surface area (Å²) in [4.78, 5) is 3.01.